The van der Waals surface area contributed by atoms with Gasteiger partial charge in [-0.15, -0.1) is 11.3 Å². The van der Waals surface area contributed by atoms with E-state index in [0.717, 1.165) is 43.3 Å². The second-order valence-electron chi connectivity index (χ2n) is 7.74. The van der Waals surface area contributed by atoms with Crippen LogP contribution in [0.1, 0.15) is 36.8 Å². The first-order valence-electron chi connectivity index (χ1n) is 10.5. The van der Waals surface area contributed by atoms with E-state index in [1.165, 1.54) is 6.92 Å². The van der Waals surface area contributed by atoms with E-state index < -0.39 is 0 Å². The lowest BCUT2D eigenvalue weighted by Crippen LogP contribution is -2.48. The topological polar surface area (TPSA) is 61.9 Å². The third kappa shape index (κ3) is 6.65. The van der Waals surface area contributed by atoms with Crippen molar-refractivity contribution in [2.24, 2.45) is 0 Å². The van der Waals surface area contributed by atoms with Gasteiger partial charge in [-0.3, -0.25) is 14.5 Å². The molecule has 30 heavy (non-hydrogen) atoms. The molecule has 0 bridgehead atoms. The number of carbonyl (C=O) groups is 2. The summed E-state index contributed by atoms with van der Waals surface area (Å²) in [5.41, 5.74) is 1.10. The molecule has 1 aliphatic rings. The second kappa shape index (κ2) is 11.2. The zero-order valence-electron chi connectivity index (χ0n) is 17.8. The van der Waals surface area contributed by atoms with Gasteiger partial charge in [-0.05, 0) is 23.9 Å². The highest BCUT2D eigenvalue weighted by Crippen LogP contribution is 2.24. The van der Waals surface area contributed by atoms with Gasteiger partial charge in [-0.25, -0.2) is 0 Å². The molecule has 2 aromatic rings. The maximum absolute atomic E-state index is 13.5. The molecule has 1 N–H and O–H groups in total. The molecule has 1 aromatic carbocycles. The summed E-state index contributed by atoms with van der Waals surface area (Å²) in [6, 6.07) is 13.7. The normalized spacial score (nSPS) is 16.6. The third-order valence-corrected chi connectivity index (χ3v) is 6.30. The summed E-state index contributed by atoms with van der Waals surface area (Å²) < 4.78 is 5.45. The Hall–Kier alpha value is -2.22. The first kappa shape index (κ1) is 22.5. The van der Waals surface area contributed by atoms with Crippen LogP contribution in [0.3, 0.4) is 0 Å². The number of hydrogen-bond donors (Lipinski definition) is 1. The fraction of sp³-hybridized carbons (Fsp3) is 0.478. The fourth-order valence-electron chi connectivity index (χ4n) is 3.78. The molecule has 3 rings (SSSR count). The van der Waals surface area contributed by atoms with Crippen molar-refractivity contribution in [2.45, 2.75) is 38.9 Å². The molecule has 1 fully saturated rings. The highest BCUT2D eigenvalue weighted by Gasteiger charge is 2.27. The lowest BCUT2D eigenvalue weighted by atomic mass is 10.1. The molecule has 2 unspecified atom stereocenters. The van der Waals surface area contributed by atoms with Crippen molar-refractivity contribution in [3.05, 3.63) is 58.3 Å². The highest BCUT2D eigenvalue weighted by molar-refractivity contribution is 7.10. The van der Waals surface area contributed by atoms with E-state index in [4.69, 9.17) is 4.74 Å². The van der Waals surface area contributed by atoms with Gasteiger partial charge in [0.15, 0.2) is 0 Å². The Morgan fingerprint density at radius 3 is 2.53 bits per heavy atom. The molecule has 2 amide bonds. The summed E-state index contributed by atoms with van der Waals surface area (Å²) >= 11 is 1.56. The molecule has 0 radical (unpaired) electrons. The fourth-order valence-corrected chi connectivity index (χ4v) is 4.55. The minimum atomic E-state index is -0.302. The number of carbonyl (C=O) groups excluding carboxylic acids is 2. The van der Waals surface area contributed by atoms with Gasteiger partial charge in [0.1, 0.15) is 0 Å². The van der Waals surface area contributed by atoms with E-state index in [0.29, 0.717) is 6.54 Å². The van der Waals surface area contributed by atoms with Crippen LogP contribution in [-0.2, 0) is 20.9 Å². The maximum atomic E-state index is 13.5. The molecule has 6 nitrogen and oxygen atoms in total. The predicted molar refractivity (Wildman–Crippen MR) is 119 cm³/mol. The largest absolute Gasteiger partial charge is 0.379 e. The van der Waals surface area contributed by atoms with E-state index in [9.17, 15) is 9.59 Å². The van der Waals surface area contributed by atoms with Crippen LogP contribution in [0.5, 0.6) is 0 Å². The number of hydrogen-bond acceptors (Lipinski definition) is 5. The lowest BCUT2D eigenvalue weighted by Gasteiger charge is -2.36. The van der Waals surface area contributed by atoms with Crippen LogP contribution in [-0.4, -0.2) is 60.5 Å². The quantitative estimate of drug-likeness (QED) is 0.666. The standard InChI is InChI=1S/C23H31N3O3S/c1-18(16-25-10-12-29-13-11-25)26(17-20-7-4-3-5-8-20)23(28)15-21(24-19(2)27)22-9-6-14-30-22/h3-9,14,18,21H,10-13,15-17H2,1-2H3,(H,24,27). The molecule has 2 heterocycles. The Morgan fingerprint density at radius 2 is 1.90 bits per heavy atom. The van der Waals surface area contributed by atoms with E-state index >= 15 is 0 Å². The van der Waals surface area contributed by atoms with Gasteiger partial charge in [0.05, 0.1) is 25.7 Å². The number of nitrogens with zero attached hydrogens (tertiary/aromatic N) is 2. The molecule has 0 saturated carbocycles. The van der Waals surface area contributed by atoms with Crippen molar-refractivity contribution in [3.8, 4) is 0 Å². The number of morpholine rings is 1. The SMILES string of the molecule is CC(=O)NC(CC(=O)N(Cc1ccccc1)C(C)CN1CCOCC1)c1cccs1. The Kier molecular flexibility index (Phi) is 8.42. The van der Waals surface area contributed by atoms with Crippen molar-refractivity contribution in [1.82, 2.24) is 15.1 Å². The Morgan fingerprint density at radius 1 is 1.17 bits per heavy atom. The minimum absolute atomic E-state index is 0.0479. The van der Waals surface area contributed by atoms with Gasteiger partial charge >= 0.3 is 0 Å². The Balaban J connectivity index is 1.74. The zero-order valence-corrected chi connectivity index (χ0v) is 18.6. The van der Waals surface area contributed by atoms with Gasteiger partial charge in [-0.2, -0.15) is 0 Å². The average molecular weight is 430 g/mol. The van der Waals surface area contributed by atoms with Gasteiger partial charge in [0.2, 0.25) is 11.8 Å². The van der Waals surface area contributed by atoms with Crippen molar-refractivity contribution >= 4 is 23.2 Å². The van der Waals surface area contributed by atoms with Gasteiger partial charge < -0.3 is 15.0 Å². The highest BCUT2D eigenvalue weighted by atomic mass is 32.1. The van der Waals surface area contributed by atoms with Crippen molar-refractivity contribution in [2.75, 3.05) is 32.8 Å². The zero-order chi connectivity index (χ0) is 21.3. The third-order valence-electron chi connectivity index (χ3n) is 5.32. The lowest BCUT2D eigenvalue weighted by molar-refractivity contribution is -0.135. The van der Waals surface area contributed by atoms with E-state index in [-0.39, 0.29) is 30.3 Å². The monoisotopic (exact) mass is 429 g/mol. The number of nitrogens with one attached hydrogen (secondary N) is 1. The van der Waals surface area contributed by atoms with Crippen molar-refractivity contribution < 1.29 is 14.3 Å². The van der Waals surface area contributed by atoms with Gasteiger partial charge in [0.25, 0.3) is 0 Å². The molecular weight excluding hydrogens is 398 g/mol. The van der Waals surface area contributed by atoms with Crippen LogP contribution >= 0.6 is 11.3 Å². The van der Waals surface area contributed by atoms with Crippen LogP contribution < -0.4 is 5.32 Å². The van der Waals surface area contributed by atoms with E-state index in [2.05, 4.69) is 17.1 Å². The number of ether oxygens (including phenoxy) is 1. The summed E-state index contributed by atoms with van der Waals surface area (Å²) in [6.07, 6.45) is 0.250. The number of thiophene rings is 1. The molecule has 1 aliphatic heterocycles. The average Bonchev–Trinajstić information content (AvgIpc) is 3.27. The molecule has 0 aliphatic carbocycles. The van der Waals surface area contributed by atoms with Crippen molar-refractivity contribution in [3.63, 3.8) is 0 Å². The van der Waals surface area contributed by atoms with Crippen LogP contribution in [0, 0.1) is 0 Å². The van der Waals surface area contributed by atoms with Gasteiger partial charge in [-0.1, -0.05) is 36.4 Å². The molecule has 162 valence electrons. The van der Waals surface area contributed by atoms with Crippen LogP contribution in [0.25, 0.3) is 0 Å². The summed E-state index contributed by atoms with van der Waals surface area (Å²) in [7, 11) is 0. The summed E-state index contributed by atoms with van der Waals surface area (Å²) in [5, 5.41) is 4.92. The smallest absolute Gasteiger partial charge is 0.225 e. The van der Waals surface area contributed by atoms with Gasteiger partial charge in [0, 0.05) is 44.0 Å². The number of rotatable bonds is 9. The number of benzene rings is 1. The predicted octanol–water partition coefficient (Wildman–Crippen LogP) is 3.06. The molecular formula is C23H31N3O3S. The van der Waals surface area contributed by atoms with Crippen LogP contribution in [0.2, 0.25) is 0 Å². The molecule has 2 atom stereocenters. The molecule has 7 heteroatoms. The van der Waals surface area contributed by atoms with E-state index in [1.807, 2.05) is 52.7 Å². The molecule has 0 spiro atoms. The minimum Gasteiger partial charge on any atom is -0.379 e. The molecule has 1 saturated heterocycles. The number of amides is 2. The second-order valence-corrected chi connectivity index (χ2v) is 8.72. The summed E-state index contributed by atoms with van der Waals surface area (Å²) in [6.45, 7) is 8.23. The first-order chi connectivity index (χ1) is 14.5. The Bertz CT molecular complexity index is 791. The van der Waals surface area contributed by atoms with Crippen LogP contribution in [0.15, 0.2) is 47.8 Å². The Labute approximate surface area is 182 Å². The summed E-state index contributed by atoms with van der Waals surface area (Å²) in [5.74, 6) is -0.0797. The maximum Gasteiger partial charge on any atom is 0.225 e. The summed E-state index contributed by atoms with van der Waals surface area (Å²) in [4.78, 5) is 30.5. The van der Waals surface area contributed by atoms with E-state index in [1.54, 1.807) is 11.3 Å². The van der Waals surface area contributed by atoms with Crippen molar-refractivity contribution in [1.29, 1.82) is 0 Å². The van der Waals surface area contributed by atoms with Crippen LogP contribution in [0.4, 0.5) is 0 Å². The molecule has 1 aromatic heterocycles. The first-order valence-corrected chi connectivity index (χ1v) is 11.3.